The first-order valence-corrected chi connectivity index (χ1v) is 9.23. The maximum absolute atomic E-state index is 10.2. The number of nitrogens with zero attached hydrogens (tertiary/aromatic N) is 2. The van der Waals surface area contributed by atoms with Gasteiger partial charge in [-0.1, -0.05) is 28.1 Å². The molecule has 5 nitrogen and oxygen atoms in total. The van der Waals surface area contributed by atoms with E-state index in [1.54, 1.807) is 12.1 Å². The zero-order chi connectivity index (χ0) is 17.2. The van der Waals surface area contributed by atoms with Crippen LogP contribution in [-0.2, 0) is 0 Å². The molecule has 0 radical (unpaired) electrons. The molecule has 1 aromatic heterocycles. The largest absolute Gasteiger partial charge is 0.507 e. The third-order valence-electron chi connectivity index (χ3n) is 4.44. The summed E-state index contributed by atoms with van der Waals surface area (Å²) in [5.41, 5.74) is 1.48. The molecular formula is C19H19BrN4O. The van der Waals surface area contributed by atoms with Gasteiger partial charge in [-0.2, -0.15) is 0 Å². The summed E-state index contributed by atoms with van der Waals surface area (Å²) in [4.78, 5) is 9.39. The zero-order valence-corrected chi connectivity index (χ0v) is 15.3. The number of phenolic OH excluding ortho intramolecular Hbond substituents is 1. The highest BCUT2D eigenvalue weighted by atomic mass is 79.9. The van der Waals surface area contributed by atoms with Crippen molar-refractivity contribution in [3.05, 3.63) is 46.9 Å². The highest BCUT2D eigenvalue weighted by molar-refractivity contribution is 9.10. The van der Waals surface area contributed by atoms with Gasteiger partial charge >= 0.3 is 0 Å². The van der Waals surface area contributed by atoms with E-state index < -0.39 is 0 Å². The van der Waals surface area contributed by atoms with Crippen molar-refractivity contribution in [2.24, 2.45) is 0 Å². The molecule has 0 saturated carbocycles. The number of hydrogen-bond donors (Lipinski definition) is 3. The van der Waals surface area contributed by atoms with Gasteiger partial charge in [0.25, 0.3) is 0 Å². The molecule has 2 heterocycles. The van der Waals surface area contributed by atoms with Crippen LogP contribution in [0.25, 0.3) is 22.3 Å². The normalized spacial score (nSPS) is 17.6. The molecule has 128 valence electrons. The number of anilines is 1. The molecule has 0 amide bonds. The molecule has 25 heavy (non-hydrogen) atoms. The molecule has 6 heteroatoms. The summed E-state index contributed by atoms with van der Waals surface area (Å²) >= 11 is 3.45. The summed E-state index contributed by atoms with van der Waals surface area (Å²) in [5.74, 6) is 1.50. The highest BCUT2D eigenvalue weighted by Crippen LogP contribution is 2.32. The van der Waals surface area contributed by atoms with Gasteiger partial charge in [-0.05, 0) is 49.7 Å². The van der Waals surface area contributed by atoms with Crippen molar-refractivity contribution in [1.82, 2.24) is 15.3 Å². The van der Waals surface area contributed by atoms with Crippen molar-refractivity contribution in [3.8, 4) is 17.1 Å². The summed E-state index contributed by atoms with van der Waals surface area (Å²) < 4.78 is 0.878. The Morgan fingerprint density at radius 1 is 1.16 bits per heavy atom. The highest BCUT2D eigenvalue weighted by Gasteiger charge is 2.17. The minimum atomic E-state index is 0.170. The maximum Gasteiger partial charge on any atom is 0.165 e. The van der Waals surface area contributed by atoms with Crippen molar-refractivity contribution in [1.29, 1.82) is 0 Å². The number of hydrogen-bond acceptors (Lipinski definition) is 5. The lowest BCUT2D eigenvalue weighted by atomic mass is 10.1. The number of nitrogens with one attached hydrogen (secondary N) is 2. The van der Waals surface area contributed by atoms with Crippen LogP contribution in [0.4, 0.5) is 5.82 Å². The van der Waals surface area contributed by atoms with Crippen LogP contribution in [0.3, 0.4) is 0 Å². The molecule has 3 aromatic rings. The van der Waals surface area contributed by atoms with Crippen molar-refractivity contribution >= 4 is 32.7 Å². The first-order valence-electron chi connectivity index (χ1n) is 8.43. The van der Waals surface area contributed by atoms with E-state index in [9.17, 15) is 5.11 Å². The molecule has 0 spiro atoms. The second-order valence-electron chi connectivity index (χ2n) is 6.26. The number of fused-ring (bicyclic) bond motifs is 1. The van der Waals surface area contributed by atoms with Crippen LogP contribution in [0, 0.1) is 0 Å². The smallest absolute Gasteiger partial charge is 0.165 e. The van der Waals surface area contributed by atoms with Crippen LogP contribution in [0.15, 0.2) is 46.9 Å². The van der Waals surface area contributed by atoms with Crippen molar-refractivity contribution in [3.63, 3.8) is 0 Å². The van der Waals surface area contributed by atoms with E-state index in [-0.39, 0.29) is 5.75 Å². The Balaban J connectivity index is 1.81. The number of halogens is 1. The summed E-state index contributed by atoms with van der Waals surface area (Å²) in [7, 11) is 0. The quantitative estimate of drug-likeness (QED) is 0.623. The van der Waals surface area contributed by atoms with Gasteiger partial charge in [0.2, 0.25) is 0 Å². The predicted octanol–water partition coefficient (Wildman–Crippen LogP) is 3.93. The van der Waals surface area contributed by atoms with E-state index in [1.807, 2.05) is 30.3 Å². The Hall–Kier alpha value is -2.18. The molecule has 1 aliphatic heterocycles. The van der Waals surface area contributed by atoms with E-state index in [1.165, 1.54) is 0 Å². The van der Waals surface area contributed by atoms with Gasteiger partial charge in [-0.3, -0.25) is 0 Å². The molecule has 1 fully saturated rings. The van der Waals surface area contributed by atoms with E-state index in [4.69, 9.17) is 4.98 Å². The lowest BCUT2D eigenvalue weighted by molar-refractivity contribution is 0.476. The van der Waals surface area contributed by atoms with Gasteiger partial charge in [0.15, 0.2) is 5.82 Å². The minimum Gasteiger partial charge on any atom is -0.507 e. The third-order valence-corrected chi connectivity index (χ3v) is 4.93. The summed E-state index contributed by atoms with van der Waals surface area (Å²) in [5, 5.41) is 18.2. The van der Waals surface area contributed by atoms with Crippen molar-refractivity contribution in [2.45, 2.75) is 18.9 Å². The fourth-order valence-electron chi connectivity index (χ4n) is 3.16. The van der Waals surface area contributed by atoms with Crippen molar-refractivity contribution in [2.75, 3.05) is 18.4 Å². The summed E-state index contributed by atoms with van der Waals surface area (Å²) in [6.07, 6.45) is 2.27. The van der Waals surface area contributed by atoms with E-state index in [0.29, 0.717) is 17.4 Å². The van der Waals surface area contributed by atoms with Crippen LogP contribution in [0.2, 0.25) is 0 Å². The molecule has 0 aliphatic carbocycles. The van der Waals surface area contributed by atoms with Crippen LogP contribution in [0.5, 0.6) is 5.75 Å². The van der Waals surface area contributed by atoms with Crippen LogP contribution in [0.1, 0.15) is 12.8 Å². The molecule has 1 atom stereocenters. The molecule has 3 N–H and O–H groups in total. The lowest BCUT2D eigenvalue weighted by Gasteiger charge is -2.25. The van der Waals surface area contributed by atoms with E-state index in [0.717, 1.165) is 47.1 Å². The first-order chi connectivity index (χ1) is 12.2. The SMILES string of the molecule is Oc1ccc(Br)cc1-c1nc(NC2CCCNC2)c2ccccc2n1. The van der Waals surface area contributed by atoms with Crippen LogP contribution in [-0.4, -0.2) is 34.2 Å². The zero-order valence-electron chi connectivity index (χ0n) is 13.7. The standard InChI is InChI=1S/C19H19BrN4O/c20-12-7-8-17(25)15(10-12)19-23-16-6-2-1-5-14(16)18(24-19)22-13-4-3-9-21-11-13/h1-2,5-8,10,13,21,25H,3-4,9,11H2,(H,22,23,24). The fraction of sp³-hybridized carbons (Fsp3) is 0.263. The minimum absolute atomic E-state index is 0.170. The average Bonchev–Trinajstić information content (AvgIpc) is 2.64. The predicted molar refractivity (Wildman–Crippen MR) is 104 cm³/mol. The van der Waals surface area contributed by atoms with Gasteiger partial charge in [0, 0.05) is 22.4 Å². The van der Waals surface area contributed by atoms with Gasteiger partial charge in [0.05, 0.1) is 11.1 Å². The number of para-hydroxylation sites is 1. The van der Waals surface area contributed by atoms with E-state index in [2.05, 4.69) is 31.5 Å². The topological polar surface area (TPSA) is 70.1 Å². The number of piperidine rings is 1. The number of aromatic nitrogens is 2. The van der Waals surface area contributed by atoms with Gasteiger partial charge in [0.1, 0.15) is 11.6 Å². The van der Waals surface area contributed by atoms with E-state index >= 15 is 0 Å². The maximum atomic E-state index is 10.2. The molecule has 4 rings (SSSR count). The molecule has 2 aromatic carbocycles. The Labute approximate surface area is 154 Å². The number of aromatic hydroxyl groups is 1. The average molecular weight is 399 g/mol. The lowest BCUT2D eigenvalue weighted by Crippen LogP contribution is -2.38. The monoisotopic (exact) mass is 398 g/mol. The van der Waals surface area contributed by atoms with Gasteiger partial charge in [-0.25, -0.2) is 9.97 Å². The van der Waals surface area contributed by atoms with Gasteiger partial charge < -0.3 is 15.7 Å². The van der Waals surface area contributed by atoms with Gasteiger partial charge in [-0.15, -0.1) is 0 Å². The Morgan fingerprint density at radius 3 is 2.88 bits per heavy atom. The molecule has 0 bridgehead atoms. The Morgan fingerprint density at radius 2 is 2.04 bits per heavy atom. The first kappa shape index (κ1) is 16.3. The Kier molecular flexibility index (Phi) is 4.55. The number of benzene rings is 2. The van der Waals surface area contributed by atoms with Crippen molar-refractivity contribution < 1.29 is 5.11 Å². The second-order valence-corrected chi connectivity index (χ2v) is 7.18. The number of rotatable bonds is 3. The molecular weight excluding hydrogens is 380 g/mol. The molecule has 1 saturated heterocycles. The Bertz CT molecular complexity index is 909. The molecule has 1 unspecified atom stereocenters. The third kappa shape index (κ3) is 3.45. The summed E-state index contributed by atoms with van der Waals surface area (Å²) in [6.45, 7) is 2.00. The molecule has 1 aliphatic rings. The summed E-state index contributed by atoms with van der Waals surface area (Å²) in [6, 6.07) is 13.6. The second kappa shape index (κ2) is 6.98. The van der Waals surface area contributed by atoms with Crippen LogP contribution >= 0.6 is 15.9 Å². The number of phenols is 1. The fourth-order valence-corrected chi connectivity index (χ4v) is 3.52. The van der Waals surface area contributed by atoms with Crippen LogP contribution < -0.4 is 10.6 Å².